The van der Waals surface area contributed by atoms with Crippen LogP contribution in [0.4, 0.5) is 0 Å². The summed E-state index contributed by atoms with van der Waals surface area (Å²) in [4.78, 5) is 23.0. The van der Waals surface area contributed by atoms with Crippen molar-refractivity contribution in [1.82, 2.24) is 5.32 Å². The summed E-state index contributed by atoms with van der Waals surface area (Å²) in [6.07, 6.45) is 1.50. The van der Waals surface area contributed by atoms with Crippen molar-refractivity contribution < 1.29 is 14.3 Å². The average molecular weight is 268 g/mol. The number of amides is 1. The number of esters is 1. The average Bonchev–Trinajstić information content (AvgIpc) is 3.17. The number of nitrogens with one attached hydrogen (secondary N) is 1. The Labute approximate surface area is 110 Å². The van der Waals surface area contributed by atoms with Gasteiger partial charge in [-0.3, -0.25) is 9.59 Å². The van der Waals surface area contributed by atoms with E-state index < -0.39 is 5.41 Å². The third-order valence-corrected chi connectivity index (χ3v) is 3.40. The Morgan fingerprint density at radius 2 is 1.94 bits per heavy atom. The lowest BCUT2D eigenvalue weighted by Crippen LogP contribution is -2.30. The zero-order valence-electron chi connectivity index (χ0n) is 10.0. The topological polar surface area (TPSA) is 55.4 Å². The summed E-state index contributed by atoms with van der Waals surface area (Å²) < 4.78 is 5.02. The van der Waals surface area contributed by atoms with Crippen molar-refractivity contribution in [2.24, 2.45) is 0 Å². The number of hydrogen-bond donors (Lipinski definition) is 1. The Balaban J connectivity index is 2.05. The molecule has 1 N–H and O–H groups in total. The Hall–Kier alpha value is -1.55. The van der Waals surface area contributed by atoms with Crippen LogP contribution < -0.4 is 5.32 Å². The highest BCUT2D eigenvalue weighted by Gasteiger charge is 2.52. The highest BCUT2D eigenvalue weighted by molar-refractivity contribution is 6.30. The van der Waals surface area contributed by atoms with E-state index in [-0.39, 0.29) is 18.5 Å². The smallest absolute Gasteiger partial charge is 0.317 e. The molecular formula is C13H14ClNO3. The van der Waals surface area contributed by atoms with E-state index in [0.717, 1.165) is 18.4 Å². The summed E-state index contributed by atoms with van der Waals surface area (Å²) >= 11 is 5.81. The zero-order chi connectivity index (χ0) is 13.2. The largest absolute Gasteiger partial charge is 0.455 e. The fourth-order valence-corrected chi connectivity index (χ4v) is 1.97. The Bertz CT molecular complexity index is 466. The first-order valence-corrected chi connectivity index (χ1v) is 6.10. The number of carbonyl (C=O) groups is 2. The van der Waals surface area contributed by atoms with E-state index in [1.54, 1.807) is 12.1 Å². The molecule has 1 saturated carbocycles. The highest BCUT2D eigenvalue weighted by atomic mass is 35.5. The number of benzene rings is 1. The molecule has 1 aliphatic rings. The van der Waals surface area contributed by atoms with E-state index in [2.05, 4.69) is 5.32 Å². The highest BCUT2D eigenvalue weighted by Crippen LogP contribution is 2.49. The van der Waals surface area contributed by atoms with Gasteiger partial charge < -0.3 is 10.1 Å². The third-order valence-electron chi connectivity index (χ3n) is 3.15. The molecule has 96 valence electrons. The van der Waals surface area contributed by atoms with Gasteiger partial charge in [0, 0.05) is 12.1 Å². The minimum Gasteiger partial charge on any atom is -0.455 e. The van der Waals surface area contributed by atoms with E-state index in [9.17, 15) is 9.59 Å². The lowest BCUT2D eigenvalue weighted by Gasteiger charge is -2.14. The van der Waals surface area contributed by atoms with Gasteiger partial charge in [-0.15, -0.1) is 0 Å². The molecule has 2 rings (SSSR count). The molecule has 18 heavy (non-hydrogen) atoms. The van der Waals surface area contributed by atoms with Crippen molar-refractivity contribution in [2.75, 3.05) is 13.7 Å². The third kappa shape index (κ3) is 2.48. The van der Waals surface area contributed by atoms with Gasteiger partial charge in [-0.1, -0.05) is 23.7 Å². The molecule has 0 heterocycles. The van der Waals surface area contributed by atoms with Gasteiger partial charge >= 0.3 is 5.97 Å². The number of hydrogen-bond acceptors (Lipinski definition) is 3. The predicted molar refractivity (Wildman–Crippen MR) is 67.4 cm³/mol. The van der Waals surface area contributed by atoms with Gasteiger partial charge in [-0.25, -0.2) is 0 Å². The van der Waals surface area contributed by atoms with Crippen molar-refractivity contribution in [3.8, 4) is 0 Å². The number of carbonyl (C=O) groups excluding carboxylic acids is 2. The Kier molecular flexibility index (Phi) is 3.57. The van der Waals surface area contributed by atoms with E-state index in [4.69, 9.17) is 16.3 Å². The minimum absolute atomic E-state index is 0.231. The predicted octanol–water partition coefficient (Wildman–Crippen LogP) is 1.66. The van der Waals surface area contributed by atoms with Crippen molar-refractivity contribution in [3.05, 3.63) is 34.9 Å². The van der Waals surface area contributed by atoms with Gasteiger partial charge in [0.15, 0.2) is 6.61 Å². The SMILES string of the molecule is CNC(=O)COC(=O)C1(c2ccc(Cl)cc2)CC1. The van der Waals surface area contributed by atoms with Gasteiger partial charge in [-0.2, -0.15) is 0 Å². The quantitative estimate of drug-likeness (QED) is 0.844. The molecule has 1 aromatic carbocycles. The molecule has 0 unspecified atom stereocenters. The Morgan fingerprint density at radius 1 is 1.33 bits per heavy atom. The van der Waals surface area contributed by atoms with Crippen LogP contribution in [0.5, 0.6) is 0 Å². The van der Waals surface area contributed by atoms with Crippen LogP contribution in [-0.2, 0) is 19.7 Å². The van der Waals surface area contributed by atoms with Gasteiger partial charge in [0.2, 0.25) is 0 Å². The molecule has 0 saturated heterocycles. The fraction of sp³-hybridized carbons (Fsp3) is 0.385. The summed E-state index contributed by atoms with van der Waals surface area (Å²) in [6.45, 7) is -0.231. The van der Waals surface area contributed by atoms with Gasteiger partial charge in [0.25, 0.3) is 5.91 Å². The maximum absolute atomic E-state index is 12.0. The molecule has 4 nitrogen and oxygen atoms in total. The van der Waals surface area contributed by atoms with E-state index in [0.29, 0.717) is 5.02 Å². The number of rotatable bonds is 4. The molecule has 1 amide bonds. The molecule has 0 atom stereocenters. The molecule has 0 bridgehead atoms. The molecule has 0 radical (unpaired) electrons. The van der Waals surface area contributed by atoms with Gasteiger partial charge in [-0.05, 0) is 30.5 Å². The van der Waals surface area contributed by atoms with Gasteiger partial charge in [0.1, 0.15) is 0 Å². The summed E-state index contributed by atoms with van der Waals surface area (Å²) in [5, 5.41) is 3.04. The summed E-state index contributed by atoms with van der Waals surface area (Å²) in [5.74, 6) is -0.649. The molecular weight excluding hydrogens is 254 g/mol. The summed E-state index contributed by atoms with van der Waals surface area (Å²) in [6, 6.07) is 7.17. The molecule has 1 fully saturated rings. The normalized spacial score (nSPS) is 15.9. The van der Waals surface area contributed by atoms with Crippen molar-refractivity contribution in [3.63, 3.8) is 0 Å². The van der Waals surface area contributed by atoms with Crippen molar-refractivity contribution in [1.29, 1.82) is 0 Å². The maximum atomic E-state index is 12.0. The van der Waals surface area contributed by atoms with Crippen LogP contribution in [0, 0.1) is 0 Å². The lowest BCUT2D eigenvalue weighted by atomic mass is 9.96. The van der Waals surface area contributed by atoms with Crippen LogP contribution >= 0.6 is 11.6 Å². The fourth-order valence-electron chi connectivity index (χ4n) is 1.85. The van der Waals surface area contributed by atoms with E-state index in [1.807, 2.05) is 12.1 Å². The first kappa shape index (κ1) is 12.9. The van der Waals surface area contributed by atoms with Crippen molar-refractivity contribution >= 4 is 23.5 Å². The monoisotopic (exact) mass is 267 g/mol. The molecule has 1 aliphatic carbocycles. The Morgan fingerprint density at radius 3 is 2.44 bits per heavy atom. The first-order chi connectivity index (χ1) is 8.58. The molecule has 0 aromatic heterocycles. The summed E-state index contributed by atoms with van der Waals surface area (Å²) in [5.41, 5.74) is 0.326. The van der Waals surface area contributed by atoms with Crippen molar-refractivity contribution in [2.45, 2.75) is 18.3 Å². The first-order valence-electron chi connectivity index (χ1n) is 5.72. The number of halogens is 1. The molecule has 0 spiro atoms. The van der Waals surface area contributed by atoms with Crippen LogP contribution in [0.2, 0.25) is 5.02 Å². The standard InChI is InChI=1S/C13H14ClNO3/c1-15-11(16)8-18-12(17)13(6-7-13)9-2-4-10(14)5-3-9/h2-5H,6-8H2,1H3,(H,15,16). The summed E-state index contributed by atoms with van der Waals surface area (Å²) in [7, 11) is 1.50. The van der Waals surface area contributed by atoms with Crippen LogP contribution in [0.15, 0.2) is 24.3 Å². The second-order valence-corrected chi connectivity index (χ2v) is 4.77. The zero-order valence-corrected chi connectivity index (χ0v) is 10.8. The van der Waals surface area contributed by atoms with E-state index in [1.165, 1.54) is 7.05 Å². The molecule has 1 aromatic rings. The van der Waals surface area contributed by atoms with Gasteiger partial charge in [0.05, 0.1) is 5.41 Å². The molecule has 5 heteroatoms. The molecule has 0 aliphatic heterocycles. The lowest BCUT2D eigenvalue weighted by molar-refractivity contribution is -0.151. The van der Waals surface area contributed by atoms with Crippen LogP contribution in [0.1, 0.15) is 18.4 Å². The second kappa shape index (κ2) is 4.98. The van der Waals surface area contributed by atoms with Crippen LogP contribution in [0.25, 0.3) is 0 Å². The van der Waals surface area contributed by atoms with Crippen LogP contribution in [-0.4, -0.2) is 25.5 Å². The maximum Gasteiger partial charge on any atom is 0.317 e. The van der Waals surface area contributed by atoms with Crippen LogP contribution in [0.3, 0.4) is 0 Å². The minimum atomic E-state index is -0.571. The van der Waals surface area contributed by atoms with E-state index >= 15 is 0 Å². The second-order valence-electron chi connectivity index (χ2n) is 4.34. The number of ether oxygens (including phenoxy) is 1. The number of likely N-dealkylation sites (N-methyl/N-ethyl adjacent to an activating group) is 1.